The Morgan fingerprint density at radius 3 is 1.82 bits per heavy atom. The van der Waals surface area contributed by atoms with Crippen LogP contribution in [0.4, 0.5) is 5.82 Å². The Bertz CT molecular complexity index is 371. The molecule has 4 heteroatoms. The third-order valence-corrected chi connectivity index (χ3v) is 4.09. The van der Waals surface area contributed by atoms with Crippen molar-refractivity contribution in [3.8, 4) is 0 Å². The van der Waals surface area contributed by atoms with Crippen molar-refractivity contribution >= 4 is 5.82 Å². The Labute approximate surface area is 136 Å². The van der Waals surface area contributed by atoms with Gasteiger partial charge in [-0.05, 0) is 20.0 Å². The maximum absolute atomic E-state index is 4.42. The van der Waals surface area contributed by atoms with E-state index in [0.29, 0.717) is 0 Å². The summed E-state index contributed by atoms with van der Waals surface area (Å²) in [5.41, 5.74) is 0. The molecule has 126 valence electrons. The van der Waals surface area contributed by atoms with Gasteiger partial charge >= 0.3 is 0 Å². The van der Waals surface area contributed by atoms with E-state index in [0.717, 1.165) is 37.8 Å². The summed E-state index contributed by atoms with van der Waals surface area (Å²) >= 11 is 0. The molecule has 22 heavy (non-hydrogen) atoms. The predicted octanol–water partition coefficient (Wildman–Crippen LogP) is 3.90. The van der Waals surface area contributed by atoms with Crippen LogP contribution in [0.25, 0.3) is 0 Å². The van der Waals surface area contributed by atoms with Gasteiger partial charge in [0.2, 0.25) is 0 Å². The zero-order valence-electron chi connectivity index (χ0n) is 15.0. The monoisotopic (exact) mass is 306 g/mol. The molecule has 2 heterocycles. The van der Waals surface area contributed by atoms with Crippen LogP contribution in [0.5, 0.6) is 0 Å². The fraction of sp³-hybridized carbons (Fsp3) is 0.778. The van der Waals surface area contributed by atoms with Gasteiger partial charge in [-0.25, -0.2) is 9.97 Å². The molecule has 1 saturated heterocycles. The van der Waals surface area contributed by atoms with E-state index >= 15 is 0 Å². The number of rotatable bonds is 1. The van der Waals surface area contributed by atoms with Gasteiger partial charge in [0, 0.05) is 32.4 Å². The number of anilines is 1. The van der Waals surface area contributed by atoms with E-state index < -0.39 is 0 Å². The molecule has 3 rings (SSSR count). The van der Waals surface area contributed by atoms with Gasteiger partial charge in [-0.1, -0.05) is 52.4 Å². The highest BCUT2D eigenvalue weighted by Gasteiger charge is 2.14. The van der Waals surface area contributed by atoms with E-state index in [1.165, 1.54) is 38.5 Å². The average molecular weight is 306 g/mol. The van der Waals surface area contributed by atoms with Gasteiger partial charge in [-0.2, -0.15) is 0 Å². The maximum atomic E-state index is 4.42. The molecule has 2 aliphatic rings. The van der Waals surface area contributed by atoms with Gasteiger partial charge in [0.1, 0.15) is 11.6 Å². The summed E-state index contributed by atoms with van der Waals surface area (Å²) < 4.78 is 0. The molecule has 0 aromatic carbocycles. The summed E-state index contributed by atoms with van der Waals surface area (Å²) in [6, 6.07) is 1.98. The molecule has 0 atom stereocenters. The average Bonchev–Trinajstić information content (AvgIpc) is 2.59. The highest BCUT2D eigenvalue weighted by Crippen LogP contribution is 2.15. The van der Waals surface area contributed by atoms with Gasteiger partial charge in [-0.15, -0.1) is 0 Å². The molecule has 0 amide bonds. The molecule has 1 aliphatic heterocycles. The summed E-state index contributed by atoms with van der Waals surface area (Å²) in [5, 5.41) is 0. The summed E-state index contributed by atoms with van der Waals surface area (Å²) in [4.78, 5) is 13.2. The van der Waals surface area contributed by atoms with Crippen LogP contribution in [0.2, 0.25) is 0 Å². The summed E-state index contributed by atoms with van der Waals surface area (Å²) in [5.74, 6) is 1.91. The molecular weight excluding hydrogens is 272 g/mol. The molecule has 1 aliphatic carbocycles. The highest BCUT2D eigenvalue weighted by atomic mass is 15.3. The first-order valence-electron chi connectivity index (χ1n) is 8.99. The van der Waals surface area contributed by atoms with Gasteiger partial charge in [-0.3, -0.25) is 0 Å². The van der Waals surface area contributed by atoms with E-state index in [9.17, 15) is 0 Å². The number of likely N-dealkylation sites (N-methyl/N-ethyl adjacent to an activating group) is 1. The largest absolute Gasteiger partial charge is 0.354 e. The molecule has 0 N–H and O–H groups in total. The number of aromatic nitrogens is 2. The molecule has 0 radical (unpaired) electrons. The SMILES string of the molecule is C1CCCCC1.CC.Cc1nccc(N2CCN(C)CC2)n1. The minimum absolute atomic E-state index is 0.849. The summed E-state index contributed by atoms with van der Waals surface area (Å²) in [6.45, 7) is 10.3. The Morgan fingerprint density at radius 2 is 1.36 bits per heavy atom. The van der Waals surface area contributed by atoms with Crippen molar-refractivity contribution in [2.75, 3.05) is 38.1 Å². The first-order chi connectivity index (χ1) is 10.8. The fourth-order valence-electron chi connectivity index (χ4n) is 2.72. The van der Waals surface area contributed by atoms with Crippen molar-refractivity contribution in [2.45, 2.75) is 59.3 Å². The second-order valence-electron chi connectivity index (χ2n) is 5.87. The van der Waals surface area contributed by atoms with Gasteiger partial charge in [0.15, 0.2) is 0 Å². The quantitative estimate of drug-likeness (QED) is 0.787. The number of aryl methyl sites for hydroxylation is 1. The van der Waals surface area contributed by atoms with E-state index in [2.05, 4.69) is 26.8 Å². The highest BCUT2D eigenvalue weighted by molar-refractivity contribution is 5.37. The van der Waals surface area contributed by atoms with Crippen LogP contribution < -0.4 is 4.90 Å². The third kappa shape index (κ3) is 7.21. The number of hydrogen-bond acceptors (Lipinski definition) is 4. The van der Waals surface area contributed by atoms with Crippen molar-refractivity contribution in [1.29, 1.82) is 0 Å². The molecule has 0 bridgehead atoms. The van der Waals surface area contributed by atoms with Gasteiger partial charge in [0.25, 0.3) is 0 Å². The van der Waals surface area contributed by atoms with Crippen LogP contribution in [0.1, 0.15) is 58.2 Å². The zero-order valence-corrected chi connectivity index (χ0v) is 15.0. The molecule has 1 saturated carbocycles. The topological polar surface area (TPSA) is 32.3 Å². The van der Waals surface area contributed by atoms with Crippen molar-refractivity contribution in [3.63, 3.8) is 0 Å². The molecule has 2 fully saturated rings. The molecule has 1 aromatic rings. The molecular formula is C18H34N4. The normalized spacial score (nSPS) is 18.6. The predicted molar refractivity (Wildman–Crippen MR) is 95.5 cm³/mol. The Hall–Kier alpha value is -1.16. The lowest BCUT2D eigenvalue weighted by Gasteiger charge is -2.33. The smallest absolute Gasteiger partial charge is 0.132 e. The Kier molecular flexibility index (Phi) is 9.80. The van der Waals surface area contributed by atoms with Crippen molar-refractivity contribution in [1.82, 2.24) is 14.9 Å². The van der Waals surface area contributed by atoms with Crippen LogP contribution in [-0.4, -0.2) is 48.1 Å². The van der Waals surface area contributed by atoms with Crippen molar-refractivity contribution in [3.05, 3.63) is 18.1 Å². The van der Waals surface area contributed by atoms with Crippen LogP contribution in [0, 0.1) is 6.92 Å². The number of piperazine rings is 1. The Morgan fingerprint density at radius 1 is 0.864 bits per heavy atom. The van der Waals surface area contributed by atoms with Gasteiger partial charge < -0.3 is 9.80 Å². The first-order valence-corrected chi connectivity index (χ1v) is 8.99. The van der Waals surface area contributed by atoms with Crippen molar-refractivity contribution in [2.24, 2.45) is 0 Å². The lowest BCUT2D eigenvalue weighted by Crippen LogP contribution is -2.44. The maximum Gasteiger partial charge on any atom is 0.132 e. The van der Waals surface area contributed by atoms with Gasteiger partial charge in [0.05, 0.1) is 0 Å². The first kappa shape index (κ1) is 18.9. The standard InChI is InChI=1S/C10H16N4.C6H12.C2H6/c1-9-11-4-3-10(12-9)14-7-5-13(2)6-8-14;1-2-4-6-5-3-1;1-2/h3-4H,5-8H2,1-2H3;1-6H2;1-2H3. The van der Waals surface area contributed by atoms with Crippen LogP contribution in [-0.2, 0) is 0 Å². The lowest BCUT2D eigenvalue weighted by atomic mass is 10.0. The minimum Gasteiger partial charge on any atom is -0.354 e. The van der Waals surface area contributed by atoms with Crippen molar-refractivity contribution < 1.29 is 0 Å². The van der Waals surface area contributed by atoms with E-state index in [4.69, 9.17) is 0 Å². The molecule has 1 aromatic heterocycles. The fourth-order valence-corrected chi connectivity index (χ4v) is 2.72. The molecule has 0 unspecified atom stereocenters. The third-order valence-electron chi connectivity index (χ3n) is 4.09. The molecule has 0 spiro atoms. The van der Waals surface area contributed by atoms with E-state index in [1.54, 1.807) is 0 Å². The summed E-state index contributed by atoms with van der Waals surface area (Å²) in [7, 11) is 2.16. The second-order valence-corrected chi connectivity index (χ2v) is 5.87. The number of hydrogen-bond donors (Lipinski definition) is 0. The lowest BCUT2D eigenvalue weighted by molar-refractivity contribution is 0.312. The van der Waals surface area contributed by atoms with Crippen LogP contribution in [0.15, 0.2) is 12.3 Å². The molecule has 4 nitrogen and oxygen atoms in total. The van der Waals surface area contributed by atoms with Crippen LogP contribution in [0.3, 0.4) is 0 Å². The Balaban J connectivity index is 0.000000253. The number of nitrogens with zero attached hydrogens (tertiary/aromatic N) is 4. The second kappa shape index (κ2) is 11.4. The van der Waals surface area contributed by atoms with E-state index in [1.807, 2.05) is 33.0 Å². The van der Waals surface area contributed by atoms with E-state index in [-0.39, 0.29) is 0 Å². The summed E-state index contributed by atoms with van der Waals surface area (Å²) in [6.07, 6.45) is 10.8. The zero-order chi connectivity index (χ0) is 16.2. The van der Waals surface area contributed by atoms with Crippen LogP contribution >= 0.6 is 0 Å². The minimum atomic E-state index is 0.849.